The average Bonchev–Trinajstić information content (AvgIpc) is 2.60. The fourth-order valence-electron chi connectivity index (χ4n) is 3.78. The van der Waals surface area contributed by atoms with E-state index < -0.39 is 0 Å². The van der Waals surface area contributed by atoms with Gasteiger partial charge in [0.05, 0.1) is 6.54 Å². The van der Waals surface area contributed by atoms with Crippen molar-refractivity contribution in [1.82, 2.24) is 0 Å². The van der Waals surface area contributed by atoms with Gasteiger partial charge in [-0.05, 0) is 29.4 Å². The summed E-state index contributed by atoms with van der Waals surface area (Å²) in [4.78, 5) is 1.58. The summed E-state index contributed by atoms with van der Waals surface area (Å²) in [6, 6.07) is 15.3. The molecule has 2 aromatic carbocycles. The summed E-state index contributed by atoms with van der Waals surface area (Å²) in [5, 5.41) is 11.0. The van der Waals surface area contributed by atoms with E-state index in [0.717, 1.165) is 24.2 Å². The molecule has 0 aliphatic rings. The molecule has 0 amide bonds. The van der Waals surface area contributed by atoms with Crippen molar-refractivity contribution in [3.63, 3.8) is 0 Å². The maximum absolute atomic E-state index is 11.0. The van der Waals surface area contributed by atoms with Crippen LogP contribution in [0.2, 0.25) is 0 Å². The first-order chi connectivity index (χ1) is 13.0. The molecule has 2 heteroatoms. The third-order valence-electron chi connectivity index (χ3n) is 5.42. The summed E-state index contributed by atoms with van der Waals surface area (Å²) in [7, 11) is 0. The summed E-state index contributed by atoms with van der Waals surface area (Å²) < 4.78 is 0. The summed E-state index contributed by atoms with van der Waals surface area (Å²) in [6.45, 7) is 18.6. The van der Waals surface area contributed by atoms with Crippen LogP contribution in [0.5, 0.6) is 5.75 Å². The molecule has 0 saturated heterocycles. The SMILES string of the molecule is CCCC[NH+](Cc1ccccc1)Cc1cc(C(C)(C)C)c(O)c(C(C)(C)C)c1. The van der Waals surface area contributed by atoms with Crippen molar-refractivity contribution in [2.75, 3.05) is 6.54 Å². The predicted molar refractivity (Wildman–Crippen MR) is 120 cm³/mol. The smallest absolute Gasteiger partial charge is 0.123 e. The second-order valence-electron chi connectivity index (χ2n) is 10.2. The average molecular weight is 383 g/mol. The predicted octanol–water partition coefficient (Wildman–Crippen LogP) is 5.37. The van der Waals surface area contributed by atoms with Gasteiger partial charge in [-0.1, -0.05) is 85.2 Å². The molecule has 0 radical (unpaired) electrons. The third-order valence-corrected chi connectivity index (χ3v) is 5.42. The van der Waals surface area contributed by atoms with Gasteiger partial charge >= 0.3 is 0 Å². The lowest BCUT2D eigenvalue weighted by Crippen LogP contribution is -3.09. The molecule has 28 heavy (non-hydrogen) atoms. The van der Waals surface area contributed by atoms with Gasteiger partial charge in [-0.15, -0.1) is 0 Å². The highest BCUT2D eigenvalue weighted by Gasteiger charge is 2.27. The Morgan fingerprint density at radius 1 is 0.786 bits per heavy atom. The Hall–Kier alpha value is -1.80. The van der Waals surface area contributed by atoms with Gasteiger partial charge in [0.15, 0.2) is 0 Å². The maximum Gasteiger partial charge on any atom is 0.123 e. The zero-order chi connectivity index (χ0) is 20.9. The number of aromatic hydroxyl groups is 1. The first-order valence-corrected chi connectivity index (χ1v) is 10.8. The van der Waals surface area contributed by atoms with E-state index in [-0.39, 0.29) is 10.8 Å². The van der Waals surface area contributed by atoms with E-state index in [1.165, 1.54) is 30.5 Å². The van der Waals surface area contributed by atoms with E-state index >= 15 is 0 Å². The lowest BCUT2D eigenvalue weighted by molar-refractivity contribution is -0.927. The fraction of sp³-hybridized carbons (Fsp3) is 0.538. The highest BCUT2D eigenvalue weighted by molar-refractivity contribution is 5.49. The molecule has 1 unspecified atom stereocenters. The highest BCUT2D eigenvalue weighted by Crippen LogP contribution is 2.39. The minimum absolute atomic E-state index is 0.0803. The molecule has 0 aliphatic carbocycles. The Morgan fingerprint density at radius 2 is 1.29 bits per heavy atom. The summed E-state index contributed by atoms with van der Waals surface area (Å²) in [5.74, 6) is 0.474. The number of rotatable bonds is 7. The molecule has 1 atom stereocenters. The Morgan fingerprint density at radius 3 is 1.75 bits per heavy atom. The van der Waals surface area contributed by atoms with Crippen molar-refractivity contribution in [3.05, 3.63) is 64.7 Å². The third kappa shape index (κ3) is 6.10. The van der Waals surface area contributed by atoms with Gasteiger partial charge < -0.3 is 10.0 Å². The number of nitrogens with one attached hydrogen (secondary N) is 1. The molecule has 0 heterocycles. The second kappa shape index (κ2) is 9.13. The summed E-state index contributed by atoms with van der Waals surface area (Å²) in [6.07, 6.45) is 2.45. The van der Waals surface area contributed by atoms with Crippen molar-refractivity contribution in [2.24, 2.45) is 0 Å². The topological polar surface area (TPSA) is 24.7 Å². The standard InChI is InChI=1S/C26H39NO/c1-8-9-15-27(18-20-13-11-10-12-14-20)19-21-16-22(25(2,3)4)24(28)23(17-21)26(5,6)7/h10-14,16-17,28H,8-9,15,18-19H2,1-7H3/p+1. The lowest BCUT2D eigenvalue weighted by atomic mass is 9.78. The van der Waals surface area contributed by atoms with Gasteiger partial charge in [-0.25, -0.2) is 0 Å². The first kappa shape index (κ1) is 22.5. The van der Waals surface area contributed by atoms with Crippen LogP contribution in [0.1, 0.15) is 83.6 Å². The minimum Gasteiger partial charge on any atom is -0.507 e. The van der Waals surface area contributed by atoms with Crippen LogP contribution < -0.4 is 4.90 Å². The Balaban J connectivity index is 2.39. The van der Waals surface area contributed by atoms with E-state index in [1.54, 1.807) is 4.90 Å². The second-order valence-corrected chi connectivity index (χ2v) is 10.2. The molecular weight excluding hydrogens is 342 g/mol. The molecule has 0 fully saturated rings. The van der Waals surface area contributed by atoms with Crippen molar-refractivity contribution in [3.8, 4) is 5.75 Å². The number of benzene rings is 2. The van der Waals surface area contributed by atoms with Crippen LogP contribution in [-0.2, 0) is 23.9 Å². The van der Waals surface area contributed by atoms with Crippen molar-refractivity contribution >= 4 is 0 Å². The molecule has 0 bridgehead atoms. The minimum atomic E-state index is -0.0803. The summed E-state index contributed by atoms with van der Waals surface area (Å²) >= 11 is 0. The molecule has 0 aliphatic heterocycles. The molecule has 0 saturated carbocycles. The molecular formula is C26H40NO+. The number of hydrogen-bond donors (Lipinski definition) is 2. The molecule has 0 aromatic heterocycles. The van der Waals surface area contributed by atoms with Gasteiger partial charge in [0.25, 0.3) is 0 Å². The molecule has 2 aromatic rings. The van der Waals surface area contributed by atoms with E-state index in [2.05, 4.69) is 90.9 Å². The number of phenols is 1. The van der Waals surface area contributed by atoms with Crippen LogP contribution in [-0.4, -0.2) is 11.7 Å². The van der Waals surface area contributed by atoms with Gasteiger partial charge in [0.1, 0.15) is 18.8 Å². The molecule has 154 valence electrons. The van der Waals surface area contributed by atoms with E-state index in [1.807, 2.05) is 0 Å². The van der Waals surface area contributed by atoms with Gasteiger partial charge in [-0.2, -0.15) is 0 Å². The fourth-order valence-corrected chi connectivity index (χ4v) is 3.78. The number of quaternary nitrogens is 1. The van der Waals surface area contributed by atoms with E-state index in [4.69, 9.17) is 0 Å². The Kier molecular flexibility index (Phi) is 7.33. The zero-order valence-electron chi connectivity index (χ0n) is 19.0. The van der Waals surface area contributed by atoms with Crippen LogP contribution in [0, 0.1) is 0 Å². The molecule has 2 N–H and O–H groups in total. The van der Waals surface area contributed by atoms with Crippen LogP contribution in [0.15, 0.2) is 42.5 Å². The van der Waals surface area contributed by atoms with Crippen molar-refractivity contribution < 1.29 is 10.0 Å². The number of hydrogen-bond acceptors (Lipinski definition) is 1. The molecule has 2 nitrogen and oxygen atoms in total. The zero-order valence-corrected chi connectivity index (χ0v) is 19.0. The Bertz CT molecular complexity index is 715. The lowest BCUT2D eigenvalue weighted by Gasteiger charge is -2.29. The van der Waals surface area contributed by atoms with E-state index in [9.17, 15) is 5.11 Å². The van der Waals surface area contributed by atoms with Crippen molar-refractivity contribution in [1.29, 1.82) is 0 Å². The monoisotopic (exact) mass is 382 g/mol. The van der Waals surface area contributed by atoms with Gasteiger partial charge in [-0.3, -0.25) is 0 Å². The highest BCUT2D eigenvalue weighted by atomic mass is 16.3. The van der Waals surface area contributed by atoms with Crippen LogP contribution >= 0.6 is 0 Å². The van der Waals surface area contributed by atoms with Gasteiger partial charge in [0, 0.05) is 22.3 Å². The van der Waals surface area contributed by atoms with Gasteiger partial charge in [0.2, 0.25) is 0 Å². The van der Waals surface area contributed by atoms with Crippen LogP contribution in [0.25, 0.3) is 0 Å². The summed E-state index contributed by atoms with van der Waals surface area (Å²) in [5.41, 5.74) is 4.68. The quantitative estimate of drug-likeness (QED) is 0.661. The molecule has 2 rings (SSSR count). The van der Waals surface area contributed by atoms with Crippen LogP contribution in [0.4, 0.5) is 0 Å². The number of unbranched alkanes of at least 4 members (excludes halogenated alkanes) is 1. The van der Waals surface area contributed by atoms with Crippen molar-refractivity contribution in [2.45, 2.75) is 85.2 Å². The first-order valence-electron chi connectivity index (χ1n) is 10.8. The maximum atomic E-state index is 11.0. The van der Waals surface area contributed by atoms with Crippen LogP contribution in [0.3, 0.4) is 0 Å². The van der Waals surface area contributed by atoms with E-state index in [0.29, 0.717) is 5.75 Å². The molecule has 0 spiro atoms. The normalized spacial score (nSPS) is 13.5. The number of phenolic OH excluding ortho intramolecular Hbond substituents is 1. The largest absolute Gasteiger partial charge is 0.507 e. The Labute approximate surface area is 172 Å².